The third-order valence-electron chi connectivity index (χ3n) is 2.62. The predicted octanol–water partition coefficient (Wildman–Crippen LogP) is 2.48. The van der Waals surface area contributed by atoms with Gasteiger partial charge in [-0.2, -0.15) is 0 Å². The summed E-state index contributed by atoms with van der Waals surface area (Å²) in [6, 6.07) is 4.89. The van der Waals surface area contributed by atoms with Crippen molar-refractivity contribution in [2.75, 3.05) is 11.9 Å². The Morgan fingerprint density at radius 3 is 2.71 bits per heavy atom. The predicted molar refractivity (Wildman–Crippen MR) is 67.2 cm³/mol. The Bertz CT molecular complexity index is 393. The van der Waals surface area contributed by atoms with E-state index >= 15 is 0 Å². The molecular weight excluding hydrogens is 220 g/mol. The highest BCUT2D eigenvalue weighted by atomic mass is 16.6. The van der Waals surface area contributed by atoms with Gasteiger partial charge in [-0.25, -0.2) is 0 Å². The minimum Gasteiger partial charge on any atom is -0.394 e. The molecule has 0 radical (unpaired) electrons. The highest BCUT2D eigenvalue weighted by Gasteiger charge is 2.11. The molecule has 0 amide bonds. The van der Waals surface area contributed by atoms with Crippen LogP contribution in [0.3, 0.4) is 0 Å². The first-order valence-electron chi connectivity index (χ1n) is 5.71. The highest BCUT2D eigenvalue weighted by Crippen LogP contribution is 2.22. The van der Waals surface area contributed by atoms with Crippen molar-refractivity contribution in [1.82, 2.24) is 0 Å². The Kier molecular flexibility index (Phi) is 4.90. The van der Waals surface area contributed by atoms with Crippen LogP contribution in [0, 0.1) is 17.0 Å². The van der Waals surface area contributed by atoms with Crippen LogP contribution in [0.4, 0.5) is 11.4 Å². The number of nitrogens with one attached hydrogen (secondary N) is 1. The largest absolute Gasteiger partial charge is 0.394 e. The lowest BCUT2D eigenvalue weighted by Gasteiger charge is -2.16. The summed E-state index contributed by atoms with van der Waals surface area (Å²) in [6.45, 7) is 3.81. The molecule has 0 aromatic heterocycles. The molecule has 0 unspecified atom stereocenters. The maximum Gasteiger partial charge on any atom is 0.272 e. The summed E-state index contributed by atoms with van der Waals surface area (Å²) in [5.74, 6) is 0. The fourth-order valence-electron chi connectivity index (χ4n) is 1.74. The number of aliphatic hydroxyl groups excluding tert-OH is 1. The lowest BCUT2D eigenvalue weighted by molar-refractivity contribution is -0.385. The van der Waals surface area contributed by atoms with E-state index in [9.17, 15) is 10.1 Å². The SMILES string of the molecule is CCC[C@H](CO)Nc1ccc([N+](=O)[O-])c(C)c1. The molecule has 0 saturated heterocycles. The summed E-state index contributed by atoms with van der Waals surface area (Å²) in [5.41, 5.74) is 1.54. The number of nitro groups is 1. The van der Waals surface area contributed by atoms with E-state index in [1.54, 1.807) is 19.1 Å². The molecule has 0 bridgehead atoms. The first-order chi connectivity index (χ1) is 8.08. The minimum atomic E-state index is -0.394. The van der Waals surface area contributed by atoms with E-state index in [1.807, 2.05) is 6.92 Å². The minimum absolute atomic E-state index is 0.000793. The molecule has 0 aliphatic heterocycles. The number of nitro benzene ring substituents is 1. The standard InChI is InChI=1S/C12H18N2O3/c1-3-4-11(8-15)13-10-5-6-12(14(16)17)9(2)7-10/h5-7,11,13,15H,3-4,8H2,1-2H3/t11-/m1/s1. The number of nitrogens with zero attached hydrogens (tertiary/aromatic N) is 1. The van der Waals surface area contributed by atoms with Gasteiger partial charge in [0.25, 0.3) is 5.69 Å². The monoisotopic (exact) mass is 238 g/mol. The van der Waals surface area contributed by atoms with Gasteiger partial charge < -0.3 is 10.4 Å². The van der Waals surface area contributed by atoms with E-state index in [-0.39, 0.29) is 18.3 Å². The first-order valence-corrected chi connectivity index (χ1v) is 5.71. The number of anilines is 1. The van der Waals surface area contributed by atoms with Crippen LogP contribution in [-0.4, -0.2) is 22.7 Å². The molecule has 17 heavy (non-hydrogen) atoms. The van der Waals surface area contributed by atoms with Crippen LogP contribution in [0.15, 0.2) is 18.2 Å². The lowest BCUT2D eigenvalue weighted by atomic mass is 10.1. The third kappa shape index (κ3) is 3.71. The normalized spacial score (nSPS) is 12.2. The summed E-state index contributed by atoms with van der Waals surface area (Å²) in [7, 11) is 0. The number of aryl methyl sites for hydroxylation is 1. The summed E-state index contributed by atoms with van der Waals surface area (Å²) in [6.07, 6.45) is 1.84. The van der Waals surface area contributed by atoms with Crippen LogP contribution in [0.5, 0.6) is 0 Å². The Hall–Kier alpha value is -1.62. The van der Waals surface area contributed by atoms with Gasteiger partial charge in [-0.1, -0.05) is 13.3 Å². The summed E-state index contributed by atoms with van der Waals surface area (Å²) in [4.78, 5) is 10.3. The van der Waals surface area contributed by atoms with Crippen LogP contribution in [0.1, 0.15) is 25.3 Å². The second-order valence-corrected chi connectivity index (χ2v) is 4.07. The second-order valence-electron chi connectivity index (χ2n) is 4.07. The van der Waals surface area contributed by atoms with Crippen LogP contribution < -0.4 is 5.32 Å². The topological polar surface area (TPSA) is 75.4 Å². The maximum absolute atomic E-state index is 10.7. The zero-order valence-corrected chi connectivity index (χ0v) is 10.1. The van der Waals surface area contributed by atoms with Crippen molar-refractivity contribution in [2.45, 2.75) is 32.7 Å². The van der Waals surface area contributed by atoms with E-state index in [0.717, 1.165) is 18.5 Å². The van der Waals surface area contributed by atoms with Gasteiger partial charge in [0.15, 0.2) is 0 Å². The van der Waals surface area contributed by atoms with Crippen molar-refractivity contribution in [3.8, 4) is 0 Å². The molecule has 0 saturated carbocycles. The Labute approximate surface area is 101 Å². The van der Waals surface area contributed by atoms with Crippen molar-refractivity contribution in [3.05, 3.63) is 33.9 Å². The zero-order valence-electron chi connectivity index (χ0n) is 10.1. The van der Waals surface area contributed by atoms with Gasteiger partial charge >= 0.3 is 0 Å². The van der Waals surface area contributed by atoms with E-state index in [0.29, 0.717) is 5.56 Å². The van der Waals surface area contributed by atoms with E-state index < -0.39 is 4.92 Å². The smallest absolute Gasteiger partial charge is 0.272 e. The Morgan fingerprint density at radius 2 is 2.24 bits per heavy atom. The lowest BCUT2D eigenvalue weighted by Crippen LogP contribution is -2.23. The van der Waals surface area contributed by atoms with E-state index in [2.05, 4.69) is 5.32 Å². The van der Waals surface area contributed by atoms with Crippen molar-refractivity contribution in [3.63, 3.8) is 0 Å². The quantitative estimate of drug-likeness (QED) is 0.589. The van der Waals surface area contributed by atoms with Crippen molar-refractivity contribution >= 4 is 11.4 Å². The summed E-state index contributed by atoms with van der Waals surface area (Å²) >= 11 is 0. The fraction of sp³-hybridized carbons (Fsp3) is 0.500. The van der Waals surface area contributed by atoms with Crippen LogP contribution in [0.25, 0.3) is 0 Å². The van der Waals surface area contributed by atoms with Gasteiger partial charge in [0.05, 0.1) is 11.5 Å². The molecule has 1 rings (SSSR count). The molecule has 0 fully saturated rings. The molecule has 5 heteroatoms. The van der Waals surface area contributed by atoms with Gasteiger partial charge in [-0.05, 0) is 25.5 Å². The maximum atomic E-state index is 10.7. The van der Waals surface area contributed by atoms with Crippen LogP contribution in [-0.2, 0) is 0 Å². The molecule has 0 aliphatic rings. The van der Waals surface area contributed by atoms with Gasteiger partial charge in [0.1, 0.15) is 0 Å². The Balaban J connectivity index is 2.79. The molecule has 1 atom stereocenters. The van der Waals surface area contributed by atoms with Crippen molar-refractivity contribution < 1.29 is 10.0 Å². The molecular formula is C12H18N2O3. The molecule has 1 aromatic carbocycles. The molecule has 0 spiro atoms. The molecule has 2 N–H and O–H groups in total. The number of aliphatic hydroxyl groups is 1. The van der Waals surface area contributed by atoms with Crippen LogP contribution in [0.2, 0.25) is 0 Å². The van der Waals surface area contributed by atoms with Gasteiger partial charge in [-0.15, -0.1) is 0 Å². The summed E-state index contributed by atoms with van der Waals surface area (Å²) < 4.78 is 0. The van der Waals surface area contributed by atoms with Gasteiger partial charge in [-0.3, -0.25) is 10.1 Å². The fourth-order valence-corrected chi connectivity index (χ4v) is 1.74. The number of benzene rings is 1. The highest BCUT2D eigenvalue weighted by molar-refractivity contribution is 5.54. The van der Waals surface area contributed by atoms with Crippen molar-refractivity contribution in [2.24, 2.45) is 0 Å². The first kappa shape index (κ1) is 13.4. The molecule has 5 nitrogen and oxygen atoms in total. The average molecular weight is 238 g/mol. The molecule has 0 aliphatic carbocycles. The molecule has 0 heterocycles. The number of hydrogen-bond acceptors (Lipinski definition) is 4. The second kappa shape index (κ2) is 6.20. The zero-order chi connectivity index (χ0) is 12.8. The number of rotatable bonds is 6. The van der Waals surface area contributed by atoms with Gasteiger partial charge in [0.2, 0.25) is 0 Å². The average Bonchev–Trinajstić information content (AvgIpc) is 2.28. The van der Waals surface area contributed by atoms with Crippen LogP contribution >= 0.6 is 0 Å². The summed E-state index contributed by atoms with van der Waals surface area (Å²) in [5, 5.41) is 23.0. The van der Waals surface area contributed by atoms with Crippen molar-refractivity contribution in [1.29, 1.82) is 0 Å². The third-order valence-corrected chi connectivity index (χ3v) is 2.62. The van der Waals surface area contributed by atoms with E-state index in [1.165, 1.54) is 6.07 Å². The molecule has 1 aromatic rings. The number of hydrogen-bond donors (Lipinski definition) is 2. The van der Waals surface area contributed by atoms with E-state index in [4.69, 9.17) is 5.11 Å². The van der Waals surface area contributed by atoms with Gasteiger partial charge in [0, 0.05) is 23.4 Å². The molecule has 94 valence electrons. The Morgan fingerprint density at radius 1 is 1.53 bits per heavy atom.